The molecule has 0 radical (unpaired) electrons. The molecule has 0 fully saturated rings. The van der Waals surface area contributed by atoms with E-state index < -0.39 is 28.1 Å². The number of carbonyl (C=O) groups is 1. The predicted molar refractivity (Wildman–Crippen MR) is 145 cm³/mol. The lowest BCUT2D eigenvalue weighted by Crippen LogP contribution is -2.45. The predicted octanol–water partition coefficient (Wildman–Crippen LogP) is 5.58. The van der Waals surface area contributed by atoms with Gasteiger partial charge in [-0.05, 0) is 64.1 Å². The topological polar surface area (TPSA) is 84.9 Å². The summed E-state index contributed by atoms with van der Waals surface area (Å²) in [5.74, 6) is 0.662. The number of hydrogen-bond acceptors (Lipinski definition) is 5. The first-order valence-electron chi connectivity index (χ1n) is 11.9. The van der Waals surface area contributed by atoms with Gasteiger partial charge in [0.05, 0.1) is 28.8 Å². The Hall–Kier alpha value is -3.23. The summed E-state index contributed by atoms with van der Waals surface area (Å²) < 4.78 is 39.9. The van der Waals surface area contributed by atoms with Gasteiger partial charge >= 0.3 is 0 Å². The van der Waals surface area contributed by atoms with Gasteiger partial charge in [-0.25, -0.2) is 8.42 Å². The van der Waals surface area contributed by atoms with Crippen LogP contribution in [0.2, 0.25) is 5.02 Å². The van der Waals surface area contributed by atoms with Gasteiger partial charge in [-0.15, -0.1) is 0 Å². The maximum absolute atomic E-state index is 13.7. The van der Waals surface area contributed by atoms with Gasteiger partial charge in [0.2, 0.25) is 5.91 Å². The minimum Gasteiger partial charge on any atom is -0.495 e. The zero-order valence-corrected chi connectivity index (χ0v) is 23.1. The summed E-state index contributed by atoms with van der Waals surface area (Å²) in [6.45, 7) is 7.34. The van der Waals surface area contributed by atoms with Crippen molar-refractivity contribution in [2.45, 2.75) is 50.7 Å². The van der Waals surface area contributed by atoms with Crippen molar-refractivity contribution in [1.82, 2.24) is 5.32 Å². The molecule has 1 unspecified atom stereocenters. The summed E-state index contributed by atoms with van der Waals surface area (Å²) in [5.41, 5.74) is 2.58. The third-order valence-electron chi connectivity index (χ3n) is 6.28. The van der Waals surface area contributed by atoms with Gasteiger partial charge in [0, 0.05) is 12.0 Å². The number of anilines is 1. The fourth-order valence-electron chi connectivity index (χ4n) is 4.44. The zero-order chi connectivity index (χ0) is 27.0. The highest BCUT2D eigenvalue weighted by atomic mass is 35.5. The quantitative estimate of drug-likeness (QED) is 0.421. The van der Waals surface area contributed by atoms with Crippen LogP contribution in [0.5, 0.6) is 11.5 Å². The van der Waals surface area contributed by atoms with Crippen molar-refractivity contribution in [3.05, 3.63) is 82.4 Å². The van der Waals surface area contributed by atoms with Gasteiger partial charge in [0.15, 0.2) is 0 Å². The summed E-state index contributed by atoms with van der Waals surface area (Å²) >= 11 is 6.32. The van der Waals surface area contributed by atoms with Gasteiger partial charge in [-0.2, -0.15) is 0 Å². The van der Waals surface area contributed by atoms with Crippen molar-refractivity contribution in [1.29, 1.82) is 0 Å². The van der Waals surface area contributed by atoms with Crippen molar-refractivity contribution < 1.29 is 22.7 Å². The molecule has 0 saturated carbocycles. The smallest absolute Gasteiger partial charge is 0.264 e. The molecule has 3 aromatic rings. The highest BCUT2D eigenvalue weighted by Gasteiger charge is 2.36. The molecule has 1 amide bonds. The van der Waals surface area contributed by atoms with E-state index in [1.807, 2.05) is 45.9 Å². The molecule has 9 heteroatoms. The van der Waals surface area contributed by atoms with Crippen molar-refractivity contribution in [3.63, 3.8) is 0 Å². The molecule has 0 saturated heterocycles. The number of aryl methyl sites for hydroxylation is 2. The SMILES string of the molecule is COc1ccc(N(CC(=O)NC2CC(C)(C)Oc3ccc(C)cc32)S(=O)(=O)c2ccc(C)cc2)cc1Cl. The fraction of sp³-hybridized carbons (Fsp3) is 0.321. The minimum absolute atomic E-state index is 0.0750. The first kappa shape index (κ1) is 26.8. The van der Waals surface area contributed by atoms with Gasteiger partial charge in [-0.1, -0.05) is 47.0 Å². The van der Waals surface area contributed by atoms with E-state index in [4.69, 9.17) is 21.1 Å². The Balaban J connectivity index is 1.68. The molecule has 196 valence electrons. The summed E-state index contributed by atoms with van der Waals surface area (Å²) in [5, 5.41) is 3.28. The third kappa shape index (κ3) is 5.86. The average Bonchev–Trinajstić information content (AvgIpc) is 2.82. The molecule has 1 atom stereocenters. The number of amides is 1. The lowest BCUT2D eigenvalue weighted by Gasteiger charge is -2.38. The first-order valence-corrected chi connectivity index (χ1v) is 13.7. The molecular weight excluding hydrogens is 512 g/mol. The van der Waals surface area contributed by atoms with E-state index in [0.29, 0.717) is 17.9 Å². The summed E-state index contributed by atoms with van der Waals surface area (Å²) in [7, 11) is -2.61. The van der Waals surface area contributed by atoms with E-state index in [-0.39, 0.29) is 21.6 Å². The van der Waals surface area contributed by atoms with Crippen LogP contribution in [-0.4, -0.2) is 33.6 Å². The lowest BCUT2D eigenvalue weighted by atomic mass is 9.89. The first-order chi connectivity index (χ1) is 17.4. The van der Waals surface area contributed by atoms with Crippen LogP contribution in [0.15, 0.2) is 65.6 Å². The molecule has 37 heavy (non-hydrogen) atoms. The van der Waals surface area contributed by atoms with Crippen molar-refractivity contribution in [2.75, 3.05) is 18.0 Å². The Morgan fingerprint density at radius 3 is 2.41 bits per heavy atom. The number of fused-ring (bicyclic) bond motifs is 1. The van der Waals surface area contributed by atoms with E-state index in [9.17, 15) is 13.2 Å². The number of halogens is 1. The molecule has 0 aliphatic carbocycles. The molecule has 0 spiro atoms. The van der Waals surface area contributed by atoms with Crippen LogP contribution in [0.3, 0.4) is 0 Å². The number of nitrogens with one attached hydrogen (secondary N) is 1. The number of hydrogen-bond donors (Lipinski definition) is 1. The second-order valence-corrected chi connectivity index (χ2v) is 12.1. The van der Waals surface area contributed by atoms with Crippen LogP contribution in [0.25, 0.3) is 0 Å². The molecule has 1 aliphatic rings. The number of benzene rings is 3. The van der Waals surface area contributed by atoms with Crippen LogP contribution in [0, 0.1) is 13.8 Å². The standard InChI is InChI=1S/C28H31ClN2O5S/c1-18-6-10-21(11-7-18)37(33,34)31(20-9-13-26(35-5)23(29)15-20)17-27(32)30-24-16-28(3,4)36-25-12-8-19(2)14-22(24)25/h6-15,24H,16-17H2,1-5H3,(H,30,32). The Morgan fingerprint density at radius 2 is 1.76 bits per heavy atom. The summed E-state index contributed by atoms with van der Waals surface area (Å²) in [6, 6.07) is 16.6. The summed E-state index contributed by atoms with van der Waals surface area (Å²) in [4.78, 5) is 13.5. The van der Waals surface area contributed by atoms with Crippen LogP contribution in [0.1, 0.15) is 43.0 Å². The lowest BCUT2D eigenvalue weighted by molar-refractivity contribution is -0.120. The van der Waals surface area contributed by atoms with Crippen LogP contribution < -0.4 is 19.1 Å². The Kier molecular flexibility index (Phi) is 7.44. The van der Waals surface area contributed by atoms with E-state index in [0.717, 1.165) is 21.0 Å². The second-order valence-electron chi connectivity index (χ2n) is 9.87. The molecular formula is C28H31ClN2O5S. The van der Waals surface area contributed by atoms with Gasteiger partial charge < -0.3 is 14.8 Å². The van der Waals surface area contributed by atoms with Gasteiger partial charge in [-0.3, -0.25) is 9.10 Å². The fourth-order valence-corrected chi connectivity index (χ4v) is 6.10. The Labute approximate surface area is 223 Å². The number of rotatable bonds is 7. The average molecular weight is 543 g/mol. The van der Waals surface area contributed by atoms with Crippen LogP contribution in [0.4, 0.5) is 5.69 Å². The number of carbonyl (C=O) groups excluding carboxylic acids is 1. The van der Waals surface area contributed by atoms with Crippen molar-refractivity contribution >= 4 is 33.2 Å². The maximum Gasteiger partial charge on any atom is 0.264 e. The summed E-state index contributed by atoms with van der Waals surface area (Å²) in [6.07, 6.45) is 0.536. The van der Waals surface area contributed by atoms with Crippen molar-refractivity contribution in [2.24, 2.45) is 0 Å². The zero-order valence-electron chi connectivity index (χ0n) is 21.5. The minimum atomic E-state index is -4.08. The van der Waals surface area contributed by atoms with E-state index in [1.165, 1.54) is 25.3 Å². The molecule has 4 rings (SSSR count). The van der Waals surface area contributed by atoms with Gasteiger partial charge in [0.1, 0.15) is 23.6 Å². The number of nitrogens with zero attached hydrogens (tertiary/aromatic N) is 1. The molecule has 0 bridgehead atoms. The molecule has 7 nitrogen and oxygen atoms in total. The number of ether oxygens (including phenoxy) is 2. The monoisotopic (exact) mass is 542 g/mol. The normalized spacial score (nSPS) is 16.3. The Bertz CT molecular complexity index is 1420. The highest BCUT2D eigenvalue weighted by molar-refractivity contribution is 7.92. The number of sulfonamides is 1. The highest BCUT2D eigenvalue weighted by Crippen LogP contribution is 2.40. The van der Waals surface area contributed by atoms with Crippen molar-refractivity contribution in [3.8, 4) is 11.5 Å². The van der Waals surface area contributed by atoms with E-state index >= 15 is 0 Å². The van der Waals surface area contributed by atoms with E-state index in [2.05, 4.69) is 5.32 Å². The molecule has 1 N–H and O–H groups in total. The third-order valence-corrected chi connectivity index (χ3v) is 8.36. The molecule has 0 aromatic heterocycles. The van der Waals surface area contributed by atoms with Crippen LogP contribution >= 0.6 is 11.6 Å². The molecule has 3 aromatic carbocycles. The van der Waals surface area contributed by atoms with Crippen LogP contribution in [-0.2, 0) is 14.8 Å². The molecule has 1 aliphatic heterocycles. The van der Waals surface area contributed by atoms with E-state index in [1.54, 1.807) is 24.3 Å². The van der Waals surface area contributed by atoms with Gasteiger partial charge in [0.25, 0.3) is 10.0 Å². The molecule has 1 heterocycles. The second kappa shape index (κ2) is 10.3. The Morgan fingerprint density at radius 1 is 1.08 bits per heavy atom. The number of methoxy groups -OCH3 is 1. The largest absolute Gasteiger partial charge is 0.495 e. The maximum atomic E-state index is 13.7.